The molecule has 0 aliphatic rings. The van der Waals surface area contributed by atoms with Gasteiger partial charge in [-0.2, -0.15) is 4.72 Å². The minimum absolute atomic E-state index is 0.0557. The van der Waals surface area contributed by atoms with E-state index in [1.54, 1.807) is 0 Å². The minimum Gasteiger partial charge on any atom is -0.392 e. The van der Waals surface area contributed by atoms with E-state index in [1.807, 2.05) is 6.92 Å². The molecule has 0 spiro atoms. The van der Waals surface area contributed by atoms with Crippen LogP contribution in [0.1, 0.15) is 19.8 Å². The molecule has 0 amide bonds. The van der Waals surface area contributed by atoms with Crippen LogP contribution in [-0.4, -0.2) is 34.4 Å². The van der Waals surface area contributed by atoms with Crippen molar-refractivity contribution in [3.63, 3.8) is 0 Å². The molecule has 1 aromatic heterocycles. The summed E-state index contributed by atoms with van der Waals surface area (Å²) >= 11 is 7.89. The summed E-state index contributed by atoms with van der Waals surface area (Å²) in [5.74, 6) is 0. The van der Waals surface area contributed by atoms with E-state index in [1.165, 1.54) is 7.05 Å². The molecule has 3 N–H and O–H groups in total. The molecule has 102 valence electrons. The normalized spacial score (nSPS) is 13.5. The minimum atomic E-state index is -3.77. The average Bonchev–Trinajstić information content (AvgIpc) is 2.58. The van der Waals surface area contributed by atoms with Gasteiger partial charge in [-0.25, -0.2) is 13.1 Å². The van der Waals surface area contributed by atoms with Crippen LogP contribution in [0.25, 0.3) is 0 Å². The molecule has 0 aliphatic carbocycles. The third-order valence-electron chi connectivity index (χ3n) is 2.21. The Balaban J connectivity index is 3.05. The molecule has 0 aliphatic heterocycles. The Morgan fingerprint density at radius 3 is 2.67 bits per heavy atom. The van der Waals surface area contributed by atoms with Gasteiger partial charge in [0.25, 0.3) is 10.0 Å². The first kappa shape index (κ1) is 15.5. The number of rotatable bonds is 6. The highest BCUT2D eigenvalue weighted by atomic mass is 79.9. The van der Waals surface area contributed by atoms with Crippen LogP contribution in [-0.2, 0) is 17.1 Å². The number of thiocarbonyl (C=S) groups is 1. The van der Waals surface area contributed by atoms with E-state index in [-0.39, 0.29) is 14.6 Å². The Labute approximate surface area is 119 Å². The van der Waals surface area contributed by atoms with Gasteiger partial charge in [0, 0.05) is 7.05 Å². The number of nitrogens with two attached hydrogens (primary N) is 1. The van der Waals surface area contributed by atoms with E-state index in [0.717, 1.165) is 11.1 Å². The zero-order valence-electron chi connectivity index (χ0n) is 9.92. The molecule has 0 bridgehead atoms. The first-order chi connectivity index (χ1) is 8.29. The lowest BCUT2D eigenvalue weighted by Crippen LogP contribution is -2.43. The summed E-state index contributed by atoms with van der Waals surface area (Å²) in [7, 11) is -2.28. The van der Waals surface area contributed by atoms with Crippen molar-refractivity contribution in [1.29, 1.82) is 0 Å². The fourth-order valence-electron chi connectivity index (χ4n) is 1.40. The quantitative estimate of drug-likeness (QED) is 0.712. The lowest BCUT2D eigenvalue weighted by molar-refractivity contribution is 0.548. The molecule has 0 saturated heterocycles. The van der Waals surface area contributed by atoms with E-state index in [2.05, 4.69) is 31.0 Å². The summed E-state index contributed by atoms with van der Waals surface area (Å²) in [6.45, 7) is 1.92. The SMILES string of the molecule is CCCC(NS(=O)(=O)c1c(Br)nnn1C)C(N)=S. The second-order valence-electron chi connectivity index (χ2n) is 3.67. The van der Waals surface area contributed by atoms with E-state index in [9.17, 15) is 8.42 Å². The second kappa shape index (κ2) is 6.04. The number of hydrogen-bond acceptors (Lipinski definition) is 5. The topological polar surface area (TPSA) is 103 Å². The lowest BCUT2D eigenvalue weighted by atomic mass is 10.2. The molecule has 10 heteroatoms. The molecule has 0 fully saturated rings. The summed E-state index contributed by atoms with van der Waals surface area (Å²) in [4.78, 5) is 0.117. The number of nitrogens with zero attached hydrogens (tertiary/aromatic N) is 3. The molecule has 1 heterocycles. The zero-order chi connectivity index (χ0) is 13.9. The average molecular weight is 356 g/mol. The maximum absolute atomic E-state index is 12.2. The van der Waals surface area contributed by atoms with Gasteiger partial charge >= 0.3 is 0 Å². The van der Waals surface area contributed by atoms with Gasteiger partial charge in [0.2, 0.25) is 5.03 Å². The van der Waals surface area contributed by atoms with E-state index in [4.69, 9.17) is 18.0 Å². The Hall–Kier alpha value is -0.580. The van der Waals surface area contributed by atoms with Crippen molar-refractivity contribution in [3.8, 4) is 0 Å². The van der Waals surface area contributed by atoms with E-state index < -0.39 is 16.1 Å². The molecule has 1 unspecified atom stereocenters. The van der Waals surface area contributed by atoms with Crippen molar-refractivity contribution in [3.05, 3.63) is 4.60 Å². The van der Waals surface area contributed by atoms with Gasteiger partial charge in [-0.1, -0.05) is 30.8 Å². The smallest absolute Gasteiger partial charge is 0.261 e. The van der Waals surface area contributed by atoms with Crippen LogP contribution < -0.4 is 10.5 Å². The van der Waals surface area contributed by atoms with Gasteiger partial charge in [0.15, 0.2) is 4.60 Å². The number of nitrogens with one attached hydrogen (secondary N) is 1. The van der Waals surface area contributed by atoms with E-state index in [0.29, 0.717) is 6.42 Å². The first-order valence-corrected chi connectivity index (χ1v) is 7.84. The molecule has 1 atom stereocenters. The fraction of sp³-hybridized carbons (Fsp3) is 0.625. The maximum atomic E-state index is 12.2. The van der Waals surface area contributed by atoms with E-state index >= 15 is 0 Å². The molecule has 1 rings (SSSR count). The molecule has 18 heavy (non-hydrogen) atoms. The third kappa shape index (κ3) is 3.46. The zero-order valence-corrected chi connectivity index (χ0v) is 13.1. The summed E-state index contributed by atoms with van der Waals surface area (Å²) in [5.41, 5.74) is 5.51. The fourth-order valence-corrected chi connectivity index (χ4v) is 4.00. The van der Waals surface area contributed by atoms with Gasteiger partial charge in [0.05, 0.1) is 11.0 Å². The van der Waals surface area contributed by atoms with Crippen molar-refractivity contribution >= 4 is 43.2 Å². The van der Waals surface area contributed by atoms with Crippen molar-refractivity contribution in [2.75, 3.05) is 0 Å². The molecular formula is C8H14BrN5O2S2. The third-order valence-corrected chi connectivity index (χ3v) is 4.85. The maximum Gasteiger partial charge on any atom is 0.261 e. The molecule has 1 aromatic rings. The van der Waals surface area contributed by atoms with Crippen LogP contribution in [0.5, 0.6) is 0 Å². The predicted molar refractivity (Wildman–Crippen MR) is 74.5 cm³/mol. The highest BCUT2D eigenvalue weighted by Gasteiger charge is 2.27. The van der Waals surface area contributed by atoms with Gasteiger partial charge in [-0.3, -0.25) is 0 Å². The summed E-state index contributed by atoms with van der Waals surface area (Å²) in [6.07, 6.45) is 1.30. The Morgan fingerprint density at radius 1 is 1.67 bits per heavy atom. The largest absolute Gasteiger partial charge is 0.392 e. The Bertz CT molecular complexity index is 522. The standard InChI is InChI=1S/C8H14BrN5O2S2/c1-3-4-5(7(10)17)12-18(15,16)8-6(9)11-13-14(8)2/h5,12H,3-4H2,1-2H3,(H2,10,17). The van der Waals surface area contributed by atoms with Crippen LogP contribution in [0.3, 0.4) is 0 Å². The highest BCUT2D eigenvalue weighted by molar-refractivity contribution is 9.10. The summed E-state index contributed by atoms with van der Waals surface area (Å²) in [6, 6.07) is -0.572. The van der Waals surface area contributed by atoms with Crippen LogP contribution in [0.4, 0.5) is 0 Å². The van der Waals surface area contributed by atoms with Crippen LogP contribution >= 0.6 is 28.1 Å². The molecule has 0 aromatic carbocycles. The number of hydrogen-bond donors (Lipinski definition) is 2. The Kier molecular flexibility index (Phi) is 5.20. The Morgan fingerprint density at radius 2 is 2.28 bits per heavy atom. The molecule has 0 saturated carbocycles. The number of aromatic nitrogens is 3. The van der Waals surface area contributed by atoms with Crippen molar-refractivity contribution in [1.82, 2.24) is 19.7 Å². The second-order valence-corrected chi connectivity index (χ2v) is 6.53. The molecule has 0 radical (unpaired) electrons. The van der Waals surface area contributed by atoms with Crippen LogP contribution in [0.2, 0.25) is 0 Å². The lowest BCUT2D eigenvalue weighted by Gasteiger charge is -2.16. The van der Waals surface area contributed by atoms with Gasteiger partial charge < -0.3 is 5.73 Å². The first-order valence-electron chi connectivity index (χ1n) is 5.16. The van der Waals surface area contributed by atoms with Crippen LogP contribution in [0.15, 0.2) is 9.63 Å². The molecular weight excluding hydrogens is 342 g/mol. The van der Waals surface area contributed by atoms with Crippen molar-refractivity contribution in [2.24, 2.45) is 12.8 Å². The van der Waals surface area contributed by atoms with Gasteiger partial charge in [-0.15, -0.1) is 5.10 Å². The summed E-state index contributed by atoms with van der Waals surface area (Å²) in [5, 5.41) is 7.19. The molecule has 7 nitrogen and oxygen atoms in total. The van der Waals surface area contributed by atoms with Gasteiger partial charge in [0.1, 0.15) is 0 Å². The number of aryl methyl sites for hydroxylation is 1. The number of sulfonamides is 1. The van der Waals surface area contributed by atoms with Crippen molar-refractivity contribution < 1.29 is 8.42 Å². The van der Waals surface area contributed by atoms with Crippen molar-refractivity contribution in [2.45, 2.75) is 30.8 Å². The van der Waals surface area contributed by atoms with Crippen LogP contribution in [0, 0.1) is 0 Å². The van der Waals surface area contributed by atoms with Gasteiger partial charge in [-0.05, 0) is 22.4 Å². The number of halogens is 1. The summed E-state index contributed by atoms with van der Waals surface area (Å²) < 4.78 is 28.1. The predicted octanol–water partition coefficient (Wildman–Crippen LogP) is 0.311. The monoisotopic (exact) mass is 355 g/mol. The highest BCUT2D eigenvalue weighted by Crippen LogP contribution is 2.18.